The van der Waals surface area contributed by atoms with Crippen LogP contribution in [0.4, 0.5) is 4.79 Å². The van der Waals surface area contributed by atoms with E-state index in [1.165, 1.54) is 19.1 Å². The van der Waals surface area contributed by atoms with Gasteiger partial charge in [-0.3, -0.25) is 9.59 Å². The van der Waals surface area contributed by atoms with Crippen LogP contribution in [0, 0.1) is 0 Å². The summed E-state index contributed by atoms with van der Waals surface area (Å²) in [5.74, 6) is -0.951. The second-order valence-electron chi connectivity index (χ2n) is 3.78. The van der Waals surface area contributed by atoms with Crippen LogP contribution in [-0.4, -0.2) is 68.2 Å². The fraction of sp³-hybridized carbons (Fsp3) is 0.750. The van der Waals surface area contributed by atoms with Crippen LogP contribution >= 0.6 is 0 Å². The highest BCUT2D eigenvalue weighted by molar-refractivity contribution is 5.81. The van der Waals surface area contributed by atoms with Crippen LogP contribution in [0.15, 0.2) is 0 Å². The van der Waals surface area contributed by atoms with Crippen molar-refractivity contribution in [3.05, 3.63) is 0 Å². The number of nitrogens with zero attached hydrogens (tertiary/aromatic N) is 2. The van der Waals surface area contributed by atoms with Gasteiger partial charge < -0.3 is 19.3 Å². The van der Waals surface area contributed by atoms with Gasteiger partial charge >= 0.3 is 18.0 Å². The smallest absolute Gasteiger partial charge is 0.325 e. The minimum atomic E-state index is -0.523. The third-order valence-corrected chi connectivity index (χ3v) is 2.67. The topological polar surface area (TPSA) is 76.2 Å². The molecule has 0 spiro atoms. The Bertz CT molecular complexity index is 315. The summed E-state index contributed by atoms with van der Waals surface area (Å²) in [5, 5.41) is 0. The van der Waals surface area contributed by atoms with Crippen LogP contribution in [-0.2, 0) is 19.1 Å². The number of esters is 2. The van der Waals surface area contributed by atoms with Gasteiger partial charge in [-0.05, 0) is 13.8 Å². The Morgan fingerprint density at radius 1 is 0.895 bits per heavy atom. The number of rotatable bonds is 7. The molecule has 7 nitrogen and oxygen atoms in total. The van der Waals surface area contributed by atoms with Crippen molar-refractivity contribution in [1.82, 2.24) is 9.80 Å². The monoisotopic (exact) mass is 274 g/mol. The molecule has 0 atom stereocenters. The number of methoxy groups -OCH3 is 2. The van der Waals surface area contributed by atoms with Crippen molar-refractivity contribution in [2.75, 3.05) is 40.4 Å². The summed E-state index contributed by atoms with van der Waals surface area (Å²) in [5.41, 5.74) is 0. The summed E-state index contributed by atoms with van der Waals surface area (Å²) < 4.78 is 9.06. The van der Waals surface area contributed by atoms with Crippen LogP contribution in [0.2, 0.25) is 0 Å². The molecule has 110 valence electrons. The first kappa shape index (κ1) is 17.2. The van der Waals surface area contributed by atoms with Gasteiger partial charge in [-0.25, -0.2) is 4.79 Å². The van der Waals surface area contributed by atoms with Crippen LogP contribution in [0.5, 0.6) is 0 Å². The maximum absolute atomic E-state index is 12.1. The predicted molar refractivity (Wildman–Crippen MR) is 68.5 cm³/mol. The number of ether oxygens (including phenoxy) is 2. The first-order valence-electron chi connectivity index (χ1n) is 6.17. The molecule has 7 heteroatoms. The predicted octanol–water partition coefficient (Wildman–Crippen LogP) is 0.486. The fourth-order valence-electron chi connectivity index (χ4n) is 1.49. The quantitative estimate of drug-likeness (QED) is 0.631. The lowest BCUT2D eigenvalue weighted by Gasteiger charge is -2.28. The Balaban J connectivity index is 4.69. The Morgan fingerprint density at radius 3 is 1.84 bits per heavy atom. The van der Waals surface area contributed by atoms with Crippen molar-refractivity contribution in [3.63, 3.8) is 0 Å². The van der Waals surface area contributed by atoms with Crippen molar-refractivity contribution >= 4 is 18.0 Å². The molecule has 0 aliphatic heterocycles. The van der Waals surface area contributed by atoms with Gasteiger partial charge in [0, 0.05) is 19.6 Å². The average molecular weight is 274 g/mol. The maximum atomic E-state index is 12.1. The molecule has 0 aromatic rings. The summed E-state index contributed by atoms with van der Waals surface area (Å²) in [4.78, 5) is 37.4. The van der Waals surface area contributed by atoms with Gasteiger partial charge in [0.2, 0.25) is 0 Å². The Hall–Kier alpha value is -1.79. The molecule has 2 amide bonds. The highest BCUT2D eigenvalue weighted by Gasteiger charge is 2.22. The number of hydrogen-bond donors (Lipinski definition) is 0. The number of urea groups is 1. The first-order chi connectivity index (χ1) is 8.99. The largest absolute Gasteiger partial charge is 0.469 e. The van der Waals surface area contributed by atoms with E-state index in [9.17, 15) is 14.4 Å². The van der Waals surface area contributed by atoms with E-state index in [-0.39, 0.29) is 25.5 Å². The minimum absolute atomic E-state index is 0.0422. The van der Waals surface area contributed by atoms with E-state index in [1.54, 1.807) is 4.90 Å². The summed E-state index contributed by atoms with van der Waals surface area (Å²) in [6.45, 7) is 4.70. The molecule has 0 bridgehead atoms. The molecule has 0 unspecified atom stereocenters. The normalized spacial score (nSPS) is 9.68. The first-order valence-corrected chi connectivity index (χ1v) is 6.17. The molecule has 0 aromatic carbocycles. The van der Waals surface area contributed by atoms with Gasteiger partial charge in [-0.15, -0.1) is 0 Å². The fourth-order valence-corrected chi connectivity index (χ4v) is 1.49. The van der Waals surface area contributed by atoms with Gasteiger partial charge in [-0.2, -0.15) is 0 Å². The molecule has 0 N–H and O–H groups in total. The molecule has 0 fully saturated rings. The summed E-state index contributed by atoms with van der Waals surface area (Å²) in [6.07, 6.45) is 0.0422. The summed E-state index contributed by atoms with van der Waals surface area (Å²) in [6, 6.07) is -0.292. The molecule has 0 aliphatic carbocycles. The number of hydrogen-bond acceptors (Lipinski definition) is 5. The van der Waals surface area contributed by atoms with Crippen LogP contribution in [0.1, 0.15) is 20.3 Å². The molecule has 0 aromatic heterocycles. The molecule has 0 heterocycles. The van der Waals surface area contributed by atoms with Gasteiger partial charge in [0.15, 0.2) is 0 Å². The minimum Gasteiger partial charge on any atom is -0.469 e. The van der Waals surface area contributed by atoms with Crippen molar-refractivity contribution in [2.45, 2.75) is 20.3 Å². The van der Waals surface area contributed by atoms with Crippen molar-refractivity contribution in [3.8, 4) is 0 Å². The zero-order chi connectivity index (χ0) is 14.8. The van der Waals surface area contributed by atoms with E-state index < -0.39 is 11.9 Å². The van der Waals surface area contributed by atoms with E-state index in [0.29, 0.717) is 13.1 Å². The van der Waals surface area contributed by atoms with E-state index in [1.807, 2.05) is 13.8 Å². The second-order valence-corrected chi connectivity index (χ2v) is 3.78. The highest BCUT2D eigenvalue weighted by Crippen LogP contribution is 2.02. The molecular weight excluding hydrogens is 252 g/mol. The van der Waals surface area contributed by atoms with Gasteiger partial charge in [0.1, 0.15) is 6.54 Å². The Labute approximate surface area is 113 Å². The molecular formula is C12H22N2O5. The highest BCUT2D eigenvalue weighted by atomic mass is 16.5. The molecule has 19 heavy (non-hydrogen) atoms. The van der Waals surface area contributed by atoms with Gasteiger partial charge in [0.05, 0.1) is 20.6 Å². The van der Waals surface area contributed by atoms with Crippen LogP contribution in [0.25, 0.3) is 0 Å². The SMILES string of the molecule is CCN(CC)C(=O)N(CCC(=O)OC)CC(=O)OC. The average Bonchev–Trinajstić information content (AvgIpc) is 2.43. The Morgan fingerprint density at radius 2 is 1.42 bits per heavy atom. The van der Waals surface area contributed by atoms with Gasteiger partial charge in [0.25, 0.3) is 0 Å². The summed E-state index contributed by atoms with van der Waals surface area (Å²) >= 11 is 0. The molecule has 0 saturated carbocycles. The zero-order valence-corrected chi connectivity index (χ0v) is 12.0. The molecule has 0 saturated heterocycles. The molecule has 0 rings (SSSR count). The lowest BCUT2D eigenvalue weighted by Crippen LogP contribution is -2.46. The standard InChI is InChI=1S/C12H22N2O5/c1-5-13(6-2)12(17)14(9-11(16)19-4)8-7-10(15)18-3/h5-9H2,1-4H3. The van der Waals surface area contributed by atoms with Crippen LogP contribution in [0.3, 0.4) is 0 Å². The summed E-state index contributed by atoms with van der Waals surface area (Å²) in [7, 11) is 2.53. The molecule has 0 aliphatic rings. The maximum Gasteiger partial charge on any atom is 0.325 e. The third kappa shape index (κ3) is 6.08. The molecule has 0 radical (unpaired) electrons. The third-order valence-electron chi connectivity index (χ3n) is 2.67. The number of carbonyl (C=O) groups excluding carboxylic acids is 3. The Kier molecular flexibility index (Phi) is 8.32. The van der Waals surface area contributed by atoms with Crippen molar-refractivity contribution in [1.29, 1.82) is 0 Å². The van der Waals surface area contributed by atoms with E-state index in [2.05, 4.69) is 9.47 Å². The zero-order valence-electron chi connectivity index (χ0n) is 12.0. The van der Waals surface area contributed by atoms with E-state index in [0.717, 1.165) is 0 Å². The van der Waals surface area contributed by atoms with Crippen molar-refractivity contribution in [2.24, 2.45) is 0 Å². The van der Waals surface area contributed by atoms with Crippen molar-refractivity contribution < 1.29 is 23.9 Å². The van der Waals surface area contributed by atoms with Gasteiger partial charge in [-0.1, -0.05) is 0 Å². The number of amides is 2. The number of carbonyl (C=O) groups is 3. The lowest BCUT2D eigenvalue weighted by molar-refractivity contribution is -0.143. The van der Waals surface area contributed by atoms with Crippen LogP contribution < -0.4 is 0 Å². The van der Waals surface area contributed by atoms with E-state index >= 15 is 0 Å². The second kappa shape index (κ2) is 9.18. The lowest BCUT2D eigenvalue weighted by atomic mass is 10.3. The van der Waals surface area contributed by atoms with E-state index in [4.69, 9.17) is 0 Å².